The predicted octanol–water partition coefficient (Wildman–Crippen LogP) is 8.25. The Morgan fingerprint density at radius 3 is 2.27 bits per heavy atom. The number of methoxy groups -OCH3 is 1. The minimum absolute atomic E-state index is 0.166. The van der Waals surface area contributed by atoms with Crippen molar-refractivity contribution in [2.75, 3.05) is 17.3 Å². The van der Waals surface area contributed by atoms with E-state index in [-0.39, 0.29) is 5.91 Å². The molecule has 0 atom stereocenters. The molecule has 1 N–H and O–H groups in total. The summed E-state index contributed by atoms with van der Waals surface area (Å²) in [5.74, 6) is 2.08. The van der Waals surface area contributed by atoms with Crippen LogP contribution in [0.25, 0.3) is 11.0 Å². The number of hydrogen-bond acceptors (Lipinski definition) is 7. The second-order valence-corrected chi connectivity index (χ2v) is 12.4. The van der Waals surface area contributed by atoms with Crippen LogP contribution in [-0.4, -0.2) is 38.9 Å². The topological polar surface area (TPSA) is 93.9 Å². The molecule has 1 amide bonds. The van der Waals surface area contributed by atoms with Gasteiger partial charge < -0.3 is 24.3 Å². The fourth-order valence-electron chi connectivity index (χ4n) is 5.74. The number of carbonyl (C=O) groups is 1. The molecule has 6 aromatic rings. The molecule has 0 saturated carbocycles. The fourth-order valence-corrected chi connectivity index (χ4v) is 5.94. The number of amides is 1. The van der Waals surface area contributed by atoms with Gasteiger partial charge in [0.2, 0.25) is 0 Å². The Balaban J connectivity index is 1.28. The lowest BCUT2D eigenvalue weighted by Crippen LogP contribution is -2.52. The minimum atomic E-state index is -1.09. The molecule has 0 bridgehead atoms. The van der Waals surface area contributed by atoms with Gasteiger partial charge in [-0.05, 0) is 37.6 Å². The van der Waals surface area contributed by atoms with Crippen LogP contribution < -0.4 is 19.7 Å². The van der Waals surface area contributed by atoms with Crippen molar-refractivity contribution in [3.63, 3.8) is 0 Å². The number of halogens is 1. The normalized spacial score (nSPS) is 13.5. The number of aliphatic imine (C=N–C) groups is 1. The smallest absolute Gasteiger partial charge is 0.271 e. The summed E-state index contributed by atoms with van der Waals surface area (Å²) in [6.45, 7) is 3.87. The van der Waals surface area contributed by atoms with E-state index in [0.717, 1.165) is 33.7 Å². The monoisotopic (exact) mass is 656 g/mol. The summed E-state index contributed by atoms with van der Waals surface area (Å²) >= 11 is 6.90. The summed E-state index contributed by atoms with van der Waals surface area (Å²) in [7, 11) is 3.55. The molecule has 9 nitrogen and oxygen atoms in total. The van der Waals surface area contributed by atoms with Crippen molar-refractivity contribution >= 4 is 57.3 Å². The van der Waals surface area contributed by atoms with E-state index in [1.54, 1.807) is 38.3 Å². The Morgan fingerprint density at radius 1 is 0.958 bits per heavy atom. The average Bonchev–Trinajstić information content (AvgIpc) is 3.47. The molecule has 0 unspecified atom stereocenters. The van der Waals surface area contributed by atoms with E-state index in [1.807, 2.05) is 109 Å². The average molecular weight is 657 g/mol. The molecule has 1 aliphatic rings. The summed E-state index contributed by atoms with van der Waals surface area (Å²) in [6, 6.07) is 33.1. The van der Waals surface area contributed by atoms with Crippen molar-refractivity contribution in [2.45, 2.75) is 26.0 Å². The van der Waals surface area contributed by atoms with Gasteiger partial charge in [0.1, 0.15) is 22.8 Å². The first kappa shape index (κ1) is 31.0. The molecule has 2 aromatic heterocycles. The number of fused-ring (bicyclic) bond motifs is 2. The second kappa shape index (κ2) is 12.5. The summed E-state index contributed by atoms with van der Waals surface area (Å²) in [6.07, 6.45) is 1.75. The maximum absolute atomic E-state index is 13.6. The first-order valence-electron chi connectivity index (χ1n) is 15.5. The number of aryl methyl sites for hydroxylation is 1. The van der Waals surface area contributed by atoms with E-state index in [2.05, 4.69) is 10.3 Å². The lowest BCUT2D eigenvalue weighted by atomic mass is 10.0. The SMILES string of the molecule is COc1ccc(CN2C(=O)C(C)(C)Oc3cc(Nc4cc5c(ncn5C)c(N=C(c5ccccc5)c5ccccc5)n4)c(Cl)cc32)cc1. The van der Waals surface area contributed by atoms with Gasteiger partial charge in [-0.3, -0.25) is 4.79 Å². The van der Waals surface area contributed by atoms with Crippen LogP contribution in [0, 0.1) is 0 Å². The fraction of sp³-hybridized carbons (Fsp3) is 0.158. The highest BCUT2D eigenvalue weighted by Gasteiger charge is 2.41. The summed E-state index contributed by atoms with van der Waals surface area (Å²) in [4.78, 5) is 29.9. The molecule has 0 aliphatic carbocycles. The molecule has 0 fully saturated rings. The van der Waals surface area contributed by atoms with Crippen LogP contribution in [0.2, 0.25) is 5.02 Å². The largest absolute Gasteiger partial charge is 0.497 e. The van der Waals surface area contributed by atoms with E-state index in [0.29, 0.717) is 45.8 Å². The van der Waals surface area contributed by atoms with Crippen LogP contribution in [0.5, 0.6) is 11.5 Å². The maximum Gasteiger partial charge on any atom is 0.271 e. The van der Waals surface area contributed by atoms with Crippen molar-refractivity contribution < 1.29 is 14.3 Å². The second-order valence-electron chi connectivity index (χ2n) is 12.0. The van der Waals surface area contributed by atoms with Crippen molar-refractivity contribution in [3.05, 3.63) is 131 Å². The molecule has 0 saturated heterocycles. The highest BCUT2D eigenvalue weighted by Crippen LogP contribution is 2.44. The van der Waals surface area contributed by atoms with Crippen molar-refractivity contribution in [1.82, 2.24) is 14.5 Å². The highest BCUT2D eigenvalue weighted by atomic mass is 35.5. The van der Waals surface area contributed by atoms with Gasteiger partial charge in [0.05, 0.1) is 47.6 Å². The summed E-state index contributed by atoms with van der Waals surface area (Å²) < 4.78 is 13.5. The zero-order valence-electron chi connectivity index (χ0n) is 26.9. The zero-order chi connectivity index (χ0) is 33.4. The third-order valence-corrected chi connectivity index (χ3v) is 8.55. The van der Waals surface area contributed by atoms with Crippen molar-refractivity contribution in [3.8, 4) is 11.5 Å². The molecule has 3 heterocycles. The molecular weight excluding hydrogens is 624 g/mol. The number of benzene rings is 4. The standard InChI is InChI=1S/C38H33ClN6O3/c1-38(2)37(46)45(22-24-15-17-27(47-4)18-16-24)30-19-28(39)29(20-32(30)48-38)41-33-21-31-35(40-23-44(31)3)36(42-33)43-34(25-11-7-5-8-12-25)26-13-9-6-10-14-26/h5-21,23H,22H2,1-4H3,(H,41,42). The van der Waals surface area contributed by atoms with Crippen LogP contribution in [0.15, 0.2) is 114 Å². The number of anilines is 3. The van der Waals surface area contributed by atoms with Gasteiger partial charge in [-0.2, -0.15) is 0 Å². The van der Waals surface area contributed by atoms with Crippen molar-refractivity contribution in [1.29, 1.82) is 0 Å². The van der Waals surface area contributed by atoms with Crippen LogP contribution in [-0.2, 0) is 18.4 Å². The van der Waals surface area contributed by atoms with E-state index in [4.69, 9.17) is 31.1 Å². The maximum atomic E-state index is 13.6. The number of imidazole rings is 1. The number of nitrogens with one attached hydrogen (secondary N) is 1. The van der Waals surface area contributed by atoms with E-state index < -0.39 is 5.60 Å². The molecule has 1 aliphatic heterocycles. The molecule has 7 rings (SSSR count). The minimum Gasteiger partial charge on any atom is -0.497 e. The van der Waals surface area contributed by atoms with Gasteiger partial charge in [-0.15, -0.1) is 0 Å². The van der Waals surface area contributed by atoms with Gasteiger partial charge in [0.15, 0.2) is 11.4 Å². The van der Waals surface area contributed by atoms with Crippen molar-refractivity contribution in [2.24, 2.45) is 12.0 Å². The Bertz CT molecular complexity index is 2120. The lowest BCUT2D eigenvalue weighted by Gasteiger charge is -2.39. The van der Waals surface area contributed by atoms with Crippen LogP contribution in [0.1, 0.15) is 30.5 Å². The number of nitrogens with zero attached hydrogens (tertiary/aromatic N) is 5. The molecule has 240 valence electrons. The molecule has 0 radical (unpaired) electrons. The molecular formula is C38H33ClN6O3. The van der Waals surface area contributed by atoms with E-state index in [9.17, 15) is 4.79 Å². The van der Waals surface area contributed by atoms with Crippen LogP contribution in [0.3, 0.4) is 0 Å². The van der Waals surface area contributed by atoms with Gasteiger partial charge in [-0.25, -0.2) is 15.0 Å². The Morgan fingerprint density at radius 2 is 1.62 bits per heavy atom. The van der Waals surface area contributed by atoms with E-state index >= 15 is 0 Å². The first-order chi connectivity index (χ1) is 23.2. The number of ether oxygens (including phenoxy) is 2. The predicted molar refractivity (Wildman–Crippen MR) is 190 cm³/mol. The number of aromatic nitrogens is 3. The Hall–Kier alpha value is -5.67. The number of carbonyl (C=O) groups excluding carboxylic acids is 1. The Kier molecular flexibility index (Phi) is 8.06. The molecule has 0 spiro atoms. The third kappa shape index (κ3) is 5.96. The molecule has 10 heteroatoms. The van der Waals surface area contributed by atoms with Gasteiger partial charge in [-0.1, -0.05) is 84.4 Å². The van der Waals surface area contributed by atoms with Gasteiger partial charge in [0, 0.05) is 30.3 Å². The van der Waals surface area contributed by atoms with Gasteiger partial charge >= 0.3 is 0 Å². The number of pyridine rings is 1. The zero-order valence-corrected chi connectivity index (χ0v) is 27.7. The molecule has 4 aromatic carbocycles. The van der Waals surface area contributed by atoms with Gasteiger partial charge in [0.25, 0.3) is 5.91 Å². The van der Waals surface area contributed by atoms with E-state index in [1.165, 1.54) is 0 Å². The quantitative estimate of drug-likeness (QED) is 0.166. The highest BCUT2D eigenvalue weighted by molar-refractivity contribution is 6.34. The van der Waals surface area contributed by atoms with Crippen LogP contribution >= 0.6 is 11.6 Å². The lowest BCUT2D eigenvalue weighted by molar-refractivity contribution is -0.132. The summed E-state index contributed by atoms with van der Waals surface area (Å²) in [5.41, 5.74) is 5.20. The van der Waals surface area contributed by atoms with Crippen LogP contribution in [0.4, 0.5) is 23.0 Å². The summed E-state index contributed by atoms with van der Waals surface area (Å²) in [5, 5.41) is 3.79. The number of rotatable bonds is 8. The third-order valence-electron chi connectivity index (χ3n) is 8.23. The number of hydrogen-bond donors (Lipinski definition) is 1. The first-order valence-corrected chi connectivity index (χ1v) is 15.8. The Labute approximate surface area is 283 Å². The molecule has 48 heavy (non-hydrogen) atoms.